The highest BCUT2D eigenvalue weighted by Crippen LogP contribution is 2.45. The largest absolute Gasteiger partial charge is 0.493 e. The quantitative estimate of drug-likeness (QED) is 0.138. The van der Waals surface area contributed by atoms with E-state index in [4.69, 9.17) is 29.4 Å². The summed E-state index contributed by atoms with van der Waals surface area (Å²) in [5.74, 6) is 1.26. The van der Waals surface area contributed by atoms with Crippen molar-refractivity contribution in [3.05, 3.63) is 88.8 Å². The van der Waals surface area contributed by atoms with Gasteiger partial charge in [-0.15, -0.1) is 0 Å². The van der Waals surface area contributed by atoms with Crippen LogP contribution < -0.4 is 29.4 Å². The number of benzene rings is 3. The van der Waals surface area contributed by atoms with Crippen molar-refractivity contribution in [2.75, 3.05) is 20.3 Å². The second-order valence-electron chi connectivity index (χ2n) is 9.68. The van der Waals surface area contributed by atoms with Crippen LogP contribution in [-0.2, 0) is 0 Å². The molecule has 3 aromatic carbocycles. The van der Waals surface area contributed by atoms with Crippen molar-refractivity contribution in [1.82, 2.24) is 0 Å². The topological polar surface area (TPSA) is 113 Å². The molecule has 0 amide bonds. The first-order valence-electron chi connectivity index (χ1n) is 14.0. The van der Waals surface area contributed by atoms with Gasteiger partial charge in [0.05, 0.1) is 26.2 Å². The van der Waals surface area contributed by atoms with Crippen molar-refractivity contribution in [3.63, 3.8) is 0 Å². The molecule has 0 aromatic heterocycles. The third-order valence-electron chi connectivity index (χ3n) is 6.79. The molecule has 4 rings (SSSR count). The molecule has 1 aliphatic heterocycles. The van der Waals surface area contributed by atoms with Gasteiger partial charge in [-0.3, -0.25) is 0 Å². The molecule has 0 fully saturated rings. The Hall–Kier alpha value is -4.64. The Morgan fingerprint density at radius 3 is 2.44 bits per heavy atom. The van der Waals surface area contributed by atoms with Gasteiger partial charge < -0.3 is 29.4 Å². The number of allylic oxidation sites excluding steroid dienone is 1. The van der Waals surface area contributed by atoms with Crippen molar-refractivity contribution in [3.8, 4) is 34.8 Å². The Morgan fingerprint density at radius 2 is 1.68 bits per heavy atom. The molecule has 2 N–H and O–H groups in total. The fraction of sp³-hybridized carbons (Fsp3) is 0.333. The summed E-state index contributed by atoms with van der Waals surface area (Å²) in [5.41, 5.74) is 8.30. The van der Waals surface area contributed by atoms with Gasteiger partial charge in [0.1, 0.15) is 34.5 Å². The molecule has 1 atom stereocenters. The van der Waals surface area contributed by atoms with E-state index >= 15 is 0 Å². The van der Waals surface area contributed by atoms with Crippen molar-refractivity contribution in [2.45, 2.75) is 51.9 Å². The van der Waals surface area contributed by atoms with Crippen LogP contribution in [0.15, 0.2) is 72.1 Å². The number of esters is 1. The predicted octanol–water partition coefficient (Wildman–Crippen LogP) is 6.88. The van der Waals surface area contributed by atoms with Gasteiger partial charge in [-0.2, -0.15) is 5.26 Å². The third-order valence-corrected chi connectivity index (χ3v) is 6.79. The van der Waals surface area contributed by atoms with Gasteiger partial charge in [0.15, 0.2) is 11.5 Å². The SMILES string of the molecule is CCCCCOc1ccc(C2C(C#N)=C(N)Oc3cc(OC(=O)c4ccccc4OCCCC)ccc32)cc1OC. The lowest BCUT2D eigenvalue weighted by Gasteiger charge is -2.27. The second-order valence-corrected chi connectivity index (χ2v) is 9.68. The number of nitrogens with two attached hydrogens (primary N) is 1. The van der Waals surface area contributed by atoms with Gasteiger partial charge in [0, 0.05) is 11.6 Å². The summed E-state index contributed by atoms with van der Waals surface area (Å²) in [5, 5.41) is 9.96. The van der Waals surface area contributed by atoms with Crippen LogP contribution in [0.4, 0.5) is 0 Å². The van der Waals surface area contributed by atoms with Gasteiger partial charge in [0.25, 0.3) is 0 Å². The summed E-state index contributed by atoms with van der Waals surface area (Å²) in [6.45, 7) is 5.32. The lowest BCUT2D eigenvalue weighted by molar-refractivity contribution is 0.0730. The maximum absolute atomic E-state index is 13.1. The Kier molecular flexibility index (Phi) is 10.1. The lowest BCUT2D eigenvalue weighted by atomic mass is 9.83. The highest BCUT2D eigenvalue weighted by Gasteiger charge is 2.32. The molecule has 1 aliphatic rings. The number of hydrogen-bond donors (Lipinski definition) is 1. The number of nitrogens with zero attached hydrogens (tertiary/aromatic N) is 1. The number of methoxy groups -OCH3 is 1. The molecular weight excluding hydrogens is 520 g/mol. The Labute approximate surface area is 241 Å². The van der Waals surface area contributed by atoms with E-state index in [0.29, 0.717) is 47.3 Å². The molecule has 0 saturated carbocycles. The average Bonchev–Trinajstić information content (AvgIpc) is 2.99. The number of unbranched alkanes of at least 4 members (excludes halogenated alkanes) is 3. The molecule has 0 spiro atoms. The van der Waals surface area contributed by atoms with E-state index in [0.717, 1.165) is 37.7 Å². The predicted molar refractivity (Wildman–Crippen MR) is 156 cm³/mol. The summed E-state index contributed by atoms with van der Waals surface area (Å²) < 4.78 is 28.8. The number of nitriles is 1. The molecule has 0 aliphatic carbocycles. The minimum atomic E-state index is -0.551. The molecule has 0 saturated heterocycles. The first-order chi connectivity index (χ1) is 20.0. The van der Waals surface area contributed by atoms with Crippen molar-refractivity contribution >= 4 is 5.97 Å². The highest BCUT2D eigenvalue weighted by atomic mass is 16.5. The van der Waals surface area contributed by atoms with Gasteiger partial charge in [0.2, 0.25) is 5.88 Å². The summed E-state index contributed by atoms with van der Waals surface area (Å²) in [4.78, 5) is 13.1. The molecule has 41 heavy (non-hydrogen) atoms. The van der Waals surface area contributed by atoms with Crippen LogP contribution in [-0.4, -0.2) is 26.3 Å². The molecule has 0 radical (unpaired) electrons. The van der Waals surface area contributed by atoms with E-state index in [9.17, 15) is 10.1 Å². The smallest absolute Gasteiger partial charge is 0.347 e. The van der Waals surface area contributed by atoms with Crippen LogP contribution in [0.1, 0.15) is 73.4 Å². The van der Waals surface area contributed by atoms with Gasteiger partial charge in [-0.1, -0.05) is 57.4 Å². The van der Waals surface area contributed by atoms with E-state index in [2.05, 4.69) is 19.9 Å². The van der Waals surface area contributed by atoms with Crippen LogP contribution in [0.25, 0.3) is 0 Å². The average molecular weight is 557 g/mol. The second kappa shape index (κ2) is 14.1. The molecule has 8 nitrogen and oxygen atoms in total. The maximum atomic E-state index is 13.1. The van der Waals surface area contributed by atoms with E-state index in [1.807, 2.05) is 24.3 Å². The van der Waals surface area contributed by atoms with Crippen LogP contribution in [0.5, 0.6) is 28.7 Å². The standard InChI is InChI=1S/C33H36N2O6/c1-4-6-10-18-39-28-16-13-22(19-30(28)37-3)31-24-15-14-23(20-29(24)41-32(35)26(31)21-34)40-33(36)25-11-8-9-12-27(25)38-17-7-5-2/h8-9,11-16,19-20,31H,4-7,10,17-18,35H2,1-3H3. The molecule has 214 valence electrons. The number of rotatable bonds is 13. The Balaban J connectivity index is 1.60. The molecule has 0 bridgehead atoms. The molecular formula is C33H36N2O6. The first-order valence-corrected chi connectivity index (χ1v) is 14.0. The minimum Gasteiger partial charge on any atom is -0.493 e. The summed E-state index contributed by atoms with van der Waals surface area (Å²) in [6, 6.07) is 19.8. The van der Waals surface area contributed by atoms with Crippen molar-refractivity contribution in [2.24, 2.45) is 5.73 Å². The minimum absolute atomic E-state index is 0.0120. The number of fused-ring (bicyclic) bond motifs is 1. The monoisotopic (exact) mass is 556 g/mol. The number of ether oxygens (including phenoxy) is 5. The van der Waals surface area contributed by atoms with Crippen LogP contribution >= 0.6 is 0 Å². The number of hydrogen-bond acceptors (Lipinski definition) is 8. The summed E-state index contributed by atoms with van der Waals surface area (Å²) in [7, 11) is 1.58. The number of para-hydroxylation sites is 1. The van der Waals surface area contributed by atoms with Gasteiger partial charge in [-0.05, 0) is 48.7 Å². The number of carbonyl (C=O) groups is 1. The van der Waals surface area contributed by atoms with Crippen LogP contribution in [0, 0.1) is 11.3 Å². The summed E-state index contributed by atoms with van der Waals surface area (Å²) in [6.07, 6.45) is 5.02. The maximum Gasteiger partial charge on any atom is 0.347 e. The molecule has 3 aromatic rings. The van der Waals surface area contributed by atoms with E-state index in [1.165, 1.54) is 0 Å². The fourth-order valence-electron chi connectivity index (χ4n) is 4.61. The van der Waals surface area contributed by atoms with E-state index in [1.54, 1.807) is 43.5 Å². The van der Waals surface area contributed by atoms with Crippen molar-refractivity contribution < 1.29 is 28.5 Å². The van der Waals surface area contributed by atoms with Crippen LogP contribution in [0.3, 0.4) is 0 Å². The lowest BCUT2D eigenvalue weighted by Crippen LogP contribution is -2.21. The molecule has 1 heterocycles. The van der Waals surface area contributed by atoms with Crippen LogP contribution in [0.2, 0.25) is 0 Å². The summed E-state index contributed by atoms with van der Waals surface area (Å²) >= 11 is 0. The zero-order valence-electron chi connectivity index (χ0n) is 23.8. The van der Waals surface area contributed by atoms with E-state index < -0.39 is 11.9 Å². The van der Waals surface area contributed by atoms with Crippen molar-refractivity contribution in [1.29, 1.82) is 5.26 Å². The number of carbonyl (C=O) groups excluding carboxylic acids is 1. The normalized spacial score (nSPS) is 14.0. The Morgan fingerprint density at radius 1 is 0.927 bits per heavy atom. The van der Waals surface area contributed by atoms with E-state index in [-0.39, 0.29) is 17.2 Å². The zero-order valence-corrected chi connectivity index (χ0v) is 23.8. The fourth-order valence-corrected chi connectivity index (χ4v) is 4.61. The zero-order chi connectivity index (χ0) is 29.2. The third kappa shape index (κ3) is 6.93. The highest BCUT2D eigenvalue weighted by molar-refractivity contribution is 5.94. The molecule has 8 heteroatoms. The van der Waals surface area contributed by atoms with Gasteiger partial charge >= 0.3 is 5.97 Å². The molecule has 1 unspecified atom stereocenters. The van der Waals surface area contributed by atoms with Gasteiger partial charge in [-0.25, -0.2) is 4.79 Å². The Bertz CT molecular complexity index is 1440. The first kappa shape index (κ1) is 29.3.